The van der Waals surface area contributed by atoms with Crippen LogP contribution in [0.15, 0.2) is 24.3 Å². The Morgan fingerprint density at radius 2 is 1.93 bits per heavy atom. The molecular weight excluding hydrogens is 398 g/mol. The molecule has 29 heavy (non-hydrogen) atoms. The smallest absolute Gasteiger partial charge is 0.251 e. The van der Waals surface area contributed by atoms with Crippen LogP contribution < -0.4 is 5.32 Å². The molecule has 3 aliphatic heterocycles. The quantitative estimate of drug-likeness (QED) is 0.805. The summed E-state index contributed by atoms with van der Waals surface area (Å²) in [4.78, 5) is 12.9. The van der Waals surface area contributed by atoms with Crippen LogP contribution in [0.3, 0.4) is 0 Å². The zero-order valence-electron chi connectivity index (χ0n) is 16.6. The SMILES string of the molecule is CC1(C)O[C@H]2O[C@H]([C@H]3COC4(CCCC4)O3)[C@@H](NC(=O)c3cccc(Cl)c3)[C@H]2O1. The molecule has 0 bridgehead atoms. The summed E-state index contributed by atoms with van der Waals surface area (Å²) in [6.07, 6.45) is 2.26. The molecule has 5 rings (SSSR count). The van der Waals surface area contributed by atoms with Crippen LogP contribution in [0, 0.1) is 0 Å². The van der Waals surface area contributed by atoms with Gasteiger partial charge in [0.25, 0.3) is 5.91 Å². The number of ether oxygens (including phenoxy) is 5. The van der Waals surface area contributed by atoms with Crippen molar-refractivity contribution in [1.29, 1.82) is 0 Å². The minimum atomic E-state index is -0.779. The molecular formula is C21H26ClNO6. The van der Waals surface area contributed by atoms with Gasteiger partial charge in [-0.3, -0.25) is 4.79 Å². The van der Waals surface area contributed by atoms with Crippen molar-refractivity contribution >= 4 is 17.5 Å². The van der Waals surface area contributed by atoms with E-state index in [0.29, 0.717) is 17.2 Å². The minimum Gasteiger partial charge on any atom is -0.347 e. The molecule has 158 valence electrons. The molecule has 8 heteroatoms. The van der Waals surface area contributed by atoms with Crippen molar-refractivity contribution in [3.8, 4) is 0 Å². The monoisotopic (exact) mass is 423 g/mol. The highest BCUT2D eigenvalue weighted by Crippen LogP contribution is 2.44. The number of carbonyl (C=O) groups excluding carboxylic acids is 1. The Kier molecular flexibility index (Phi) is 4.89. The molecule has 0 radical (unpaired) electrons. The highest BCUT2D eigenvalue weighted by atomic mass is 35.5. The van der Waals surface area contributed by atoms with Gasteiger partial charge in [-0.2, -0.15) is 0 Å². The maximum Gasteiger partial charge on any atom is 0.251 e. The second-order valence-electron chi connectivity index (χ2n) is 8.66. The fourth-order valence-electron chi connectivity index (χ4n) is 4.80. The van der Waals surface area contributed by atoms with Gasteiger partial charge in [-0.25, -0.2) is 0 Å². The van der Waals surface area contributed by atoms with Crippen molar-refractivity contribution in [2.75, 3.05) is 6.61 Å². The minimum absolute atomic E-state index is 0.241. The zero-order chi connectivity index (χ0) is 20.2. The Morgan fingerprint density at radius 3 is 2.69 bits per heavy atom. The molecule has 1 saturated carbocycles. The third-order valence-electron chi connectivity index (χ3n) is 6.08. The molecule has 1 aromatic carbocycles. The maximum absolute atomic E-state index is 12.9. The average molecular weight is 424 g/mol. The number of hydrogen-bond acceptors (Lipinski definition) is 6. The summed E-state index contributed by atoms with van der Waals surface area (Å²) in [5, 5.41) is 3.58. The molecule has 0 unspecified atom stereocenters. The number of carbonyl (C=O) groups is 1. The van der Waals surface area contributed by atoms with Gasteiger partial charge in [-0.1, -0.05) is 17.7 Å². The molecule has 5 atom stereocenters. The molecule has 3 heterocycles. The van der Waals surface area contributed by atoms with E-state index in [2.05, 4.69) is 5.32 Å². The van der Waals surface area contributed by atoms with Gasteiger partial charge in [-0.15, -0.1) is 0 Å². The molecule has 1 spiro atoms. The van der Waals surface area contributed by atoms with Gasteiger partial charge in [0.1, 0.15) is 18.3 Å². The van der Waals surface area contributed by atoms with Gasteiger partial charge in [-0.05, 0) is 44.9 Å². The first kappa shape index (κ1) is 19.7. The van der Waals surface area contributed by atoms with Crippen LogP contribution in [0.25, 0.3) is 0 Å². The van der Waals surface area contributed by atoms with Crippen LogP contribution in [-0.2, 0) is 23.7 Å². The van der Waals surface area contributed by atoms with Crippen LogP contribution in [0.1, 0.15) is 49.9 Å². The Hall–Kier alpha value is -1.22. The lowest BCUT2D eigenvalue weighted by atomic mass is 10.0. The van der Waals surface area contributed by atoms with Gasteiger partial charge >= 0.3 is 0 Å². The van der Waals surface area contributed by atoms with E-state index in [1.54, 1.807) is 24.3 Å². The number of hydrogen-bond donors (Lipinski definition) is 1. The lowest BCUT2D eigenvalue weighted by Crippen LogP contribution is -2.52. The first-order valence-electron chi connectivity index (χ1n) is 10.2. The van der Waals surface area contributed by atoms with Gasteiger partial charge in [0.15, 0.2) is 17.9 Å². The standard InChI is InChI=1S/C21H26ClNO6/c1-20(2)28-17-15(23-18(24)12-6-5-7-13(22)10-12)16(26-19(17)29-20)14-11-25-21(27-14)8-3-4-9-21/h5-7,10,14-17,19H,3-4,8-9,11H2,1-2H3,(H,23,24)/t14-,15-,16-,17-,19-/m1/s1. The van der Waals surface area contributed by atoms with Crippen LogP contribution in [-0.4, -0.2) is 54.7 Å². The lowest BCUT2D eigenvalue weighted by Gasteiger charge is -2.30. The molecule has 1 amide bonds. The second-order valence-corrected chi connectivity index (χ2v) is 9.10. The largest absolute Gasteiger partial charge is 0.347 e. The first-order valence-corrected chi connectivity index (χ1v) is 10.6. The van der Waals surface area contributed by atoms with Gasteiger partial charge < -0.3 is 29.0 Å². The molecule has 0 aromatic heterocycles. The van der Waals surface area contributed by atoms with E-state index in [1.807, 2.05) is 13.8 Å². The van der Waals surface area contributed by atoms with Crippen molar-refractivity contribution in [2.24, 2.45) is 0 Å². The molecule has 1 aliphatic carbocycles. The highest BCUT2D eigenvalue weighted by Gasteiger charge is 2.59. The van der Waals surface area contributed by atoms with E-state index in [-0.39, 0.29) is 12.0 Å². The van der Waals surface area contributed by atoms with Crippen molar-refractivity contribution in [3.63, 3.8) is 0 Å². The predicted octanol–water partition coefficient (Wildman–Crippen LogP) is 3.00. The Labute approximate surface area is 174 Å². The first-order chi connectivity index (χ1) is 13.8. The third-order valence-corrected chi connectivity index (χ3v) is 6.32. The molecule has 1 N–H and O–H groups in total. The summed E-state index contributed by atoms with van der Waals surface area (Å²) in [5.41, 5.74) is 0.480. The van der Waals surface area contributed by atoms with Crippen LogP contribution in [0.4, 0.5) is 0 Å². The van der Waals surface area contributed by atoms with Gasteiger partial charge in [0.2, 0.25) is 0 Å². The summed E-state index contributed by atoms with van der Waals surface area (Å²) in [5.74, 6) is -1.53. The average Bonchev–Trinajstić information content (AvgIpc) is 3.42. The molecule has 4 fully saturated rings. The van der Waals surface area contributed by atoms with E-state index < -0.39 is 36.1 Å². The fraction of sp³-hybridized carbons (Fsp3) is 0.667. The zero-order valence-corrected chi connectivity index (χ0v) is 17.3. The van der Waals surface area contributed by atoms with E-state index in [9.17, 15) is 4.79 Å². The van der Waals surface area contributed by atoms with Gasteiger partial charge in [0.05, 0.1) is 12.6 Å². The van der Waals surface area contributed by atoms with E-state index in [4.69, 9.17) is 35.3 Å². The summed E-state index contributed by atoms with van der Waals surface area (Å²) in [6, 6.07) is 6.41. The molecule has 1 aromatic rings. The van der Waals surface area contributed by atoms with Crippen molar-refractivity contribution in [2.45, 2.75) is 81.7 Å². The number of fused-ring (bicyclic) bond motifs is 1. The topological polar surface area (TPSA) is 75.3 Å². The third kappa shape index (κ3) is 3.69. The number of benzene rings is 1. The summed E-state index contributed by atoms with van der Waals surface area (Å²) in [6.45, 7) is 4.10. The fourth-order valence-corrected chi connectivity index (χ4v) is 4.99. The van der Waals surface area contributed by atoms with Crippen LogP contribution >= 0.6 is 11.6 Å². The van der Waals surface area contributed by atoms with E-state index in [0.717, 1.165) is 25.7 Å². The van der Waals surface area contributed by atoms with Crippen LogP contribution in [0.5, 0.6) is 0 Å². The number of nitrogens with one attached hydrogen (secondary N) is 1. The lowest BCUT2D eigenvalue weighted by molar-refractivity contribution is -0.226. The Balaban J connectivity index is 1.37. The Morgan fingerprint density at radius 1 is 1.14 bits per heavy atom. The summed E-state index contributed by atoms with van der Waals surface area (Å²) in [7, 11) is 0. The Bertz CT molecular complexity index is 795. The van der Waals surface area contributed by atoms with Crippen molar-refractivity contribution in [1.82, 2.24) is 5.32 Å². The number of amides is 1. The molecule has 4 aliphatic rings. The maximum atomic E-state index is 12.9. The van der Waals surface area contributed by atoms with Crippen molar-refractivity contribution < 1.29 is 28.5 Å². The number of rotatable bonds is 3. The predicted molar refractivity (Wildman–Crippen MR) is 103 cm³/mol. The highest BCUT2D eigenvalue weighted by molar-refractivity contribution is 6.30. The molecule has 3 saturated heterocycles. The van der Waals surface area contributed by atoms with Crippen molar-refractivity contribution in [3.05, 3.63) is 34.9 Å². The van der Waals surface area contributed by atoms with E-state index >= 15 is 0 Å². The van der Waals surface area contributed by atoms with Gasteiger partial charge in [0, 0.05) is 23.4 Å². The normalized spacial score (nSPS) is 37.1. The molecule has 7 nitrogen and oxygen atoms in total. The number of halogens is 1. The summed E-state index contributed by atoms with van der Waals surface area (Å²) < 4.78 is 30.5. The van der Waals surface area contributed by atoms with E-state index in [1.165, 1.54) is 0 Å². The van der Waals surface area contributed by atoms with Crippen LogP contribution in [0.2, 0.25) is 5.02 Å². The second kappa shape index (κ2) is 7.18. The summed E-state index contributed by atoms with van der Waals surface area (Å²) >= 11 is 6.05.